The lowest BCUT2D eigenvalue weighted by atomic mass is 9.77. The Morgan fingerprint density at radius 3 is 2.79 bits per heavy atom. The molecule has 0 bridgehead atoms. The van der Waals surface area contributed by atoms with Crippen molar-refractivity contribution in [2.45, 2.75) is 38.2 Å². The molecule has 0 aliphatic heterocycles. The number of halogens is 3. The summed E-state index contributed by atoms with van der Waals surface area (Å²) in [7, 11) is 0. The van der Waals surface area contributed by atoms with Crippen LogP contribution in [0.4, 0.5) is 4.39 Å². The molecule has 1 aliphatic carbocycles. The lowest BCUT2D eigenvalue weighted by Gasteiger charge is -2.42. The molecule has 5 heteroatoms. The van der Waals surface area contributed by atoms with E-state index >= 15 is 0 Å². The number of ether oxygens (including phenoxy) is 1. The first kappa shape index (κ1) is 15.1. The average Bonchev–Trinajstić information content (AvgIpc) is 2.32. The molecule has 1 N–H and O–H groups in total. The van der Waals surface area contributed by atoms with Crippen molar-refractivity contribution in [3.05, 3.63) is 27.4 Å². The third kappa shape index (κ3) is 3.61. The van der Waals surface area contributed by atoms with Gasteiger partial charge in [0, 0.05) is 6.07 Å². The Hall–Kier alpha value is -0.320. The first-order valence-corrected chi connectivity index (χ1v) is 7.78. The van der Waals surface area contributed by atoms with E-state index in [0.29, 0.717) is 10.2 Å². The molecule has 1 aromatic rings. The Labute approximate surface area is 126 Å². The van der Waals surface area contributed by atoms with Gasteiger partial charge in [-0.2, -0.15) is 0 Å². The van der Waals surface area contributed by atoms with E-state index < -0.39 is 5.82 Å². The molecule has 2 rings (SSSR count). The molecule has 0 aromatic heterocycles. The number of nitrogens with one attached hydrogen (secondary N) is 1. The van der Waals surface area contributed by atoms with Crippen molar-refractivity contribution in [1.29, 1.82) is 0 Å². The summed E-state index contributed by atoms with van der Waals surface area (Å²) in [5.41, 5.74) is -0.148. The maximum Gasteiger partial charge on any atom is 0.145 e. The Kier molecular flexibility index (Phi) is 5.09. The highest BCUT2D eigenvalue weighted by molar-refractivity contribution is 9.10. The van der Waals surface area contributed by atoms with Crippen LogP contribution in [0.1, 0.15) is 32.6 Å². The molecule has 0 saturated heterocycles. The van der Waals surface area contributed by atoms with Crippen LogP contribution < -0.4 is 10.1 Å². The highest BCUT2D eigenvalue weighted by Gasteiger charge is 2.39. The van der Waals surface area contributed by atoms with E-state index in [2.05, 4.69) is 28.2 Å². The van der Waals surface area contributed by atoms with Gasteiger partial charge in [0.1, 0.15) is 17.2 Å². The van der Waals surface area contributed by atoms with E-state index in [-0.39, 0.29) is 10.6 Å². The monoisotopic (exact) mass is 349 g/mol. The fourth-order valence-corrected chi connectivity index (χ4v) is 3.00. The lowest BCUT2D eigenvalue weighted by Crippen LogP contribution is -2.45. The molecule has 2 nitrogen and oxygen atoms in total. The molecule has 19 heavy (non-hydrogen) atoms. The predicted molar refractivity (Wildman–Crippen MR) is 79.5 cm³/mol. The van der Waals surface area contributed by atoms with E-state index in [4.69, 9.17) is 16.3 Å². The summed E-state index contributed by atoms with van der Waals surface area (Å²) >= 11 is 9.11. The number of rotatable bonds is 6. The van der Waals surface area contributed by atoms with E-state index in [1.165, 1.54) is 12.5 Å². The number of hydrogen-bond acceptors (Lipinski definition) is 2. The fraction of sp³-hybridized carbons (Fsp3) is 0.571. The van der Waals surface area contributed by atoms with Crippen molar-refractivity contribution in [2.24, 2.45) is 0 Å². The normalized spacial score (nSPS) is 17.1. The van der Waals surface area contributed by atoms with Gasteiger partial charge in [-0.1, -0.05) is 18.5 Å². The molecule has 106 valence electrons. The second-order valence-corrected chi connectivity index (χ2v) is 6.20. The second-order valence-electron chi connectivity index (χ2n) is 4.94. The first-order chi connectivity index (χ1) is 9.06. The van der Waals surface area contributed by atoms with Gasteiger partial charge in [0.15, 0.2) is 0 Å². The zero-order valence-electron chi connectivity index (χ0n) is 10.9. The zero-order chi connectivity index (χ0) is 13.9. The van der Waals surface area contributed by atoms with E-state index in [1.807, 2.05) is 0 Å². The Bertz CT molecular complexity index is 451. The smallest absolute Gasteiger partial charge is 0.145 e. The van der Waals surface area contributed by atoms with Gasteiger partial charge in [-0.3, -0.25) is 0 Å². The van der Waals surface area contributed by atoms with Gasteiger partial charge in [-0.05, 0) is 60.8 Å². The minimum atomic E-state index is -0.443. The Morgan fingerprint density at radius 1 is 1.47 bits per heavy atom. The topological polar surface area (TPSA) is 21.3 Å². The van der Waals surface area contributed by atoms with Gasteiger partial charge in [0.25, 0.3) is 0 Å². The first-order valence-electron chi connectivity index (χ1n) is 6.60. The van der Waals surface area contributed by atoms with E-state index in [9.17, 15) is 4.39 Å². The second kappa shape index (κ2) is 6.42. The van der Waals surface area contributed by atoms with Crippen LogP contribution in [-0.2, 0) is 0 Å². The molecule has 1 saturated carbocycles. The minimum Gasteiger partial charge on any atom is -0.486 e. The molecular weight excluding hydrogens is 333 g/mol. The van der Waals surface area contributed by atoms with Crippen LogP contribution in [0.2, 0.25) is 5.02 Å². The molecule has 1 fully saturated rings. The average molecular weight is 351 g/mol. The highest BCUT2D eigenvalue weighted by atomic mass is 79.9. The van der Waals surface area contributed by atoms with Crippen molar-refractivity contribution in [3.8, 4) is 5.75 Å². The van der Waals surface area contributed by atoms with Crippen molar-refractivity contribution in [2.75, 3.05) is 13.1 Å². The summed E-state index contributed by atoms with van der Waals surface area (Å²) in [6, 6.07) is 2.91. The molecule has 1 aromatic carbocycles. The molecule has 0 unspecified atom stereocenters. The third-order valence-corrected chi connectivity index (χ3v) is 4.48. The van der Waals surface area contributed by atoms with Crippen LogP contribution in [-0.4, -0.2) is 18.7 Å². The van der Waals surface area contributed by atoms with E-state index in [1.54, 1.807) is 6.07 Å². The van der Waals surface area contributed by atoms with Gasteiger partial charge < -0.3 is 10.1 Å². The third-order valence-electron chi connectivity index (χ3n) is 3.57. The summed E-state index contributed by atoms with van der Waals surface area (Å²) in [6.07, 6.45) is 4.15. The van der Waals surface area contributed by atoms with Crippen LogP contribution in [0.25, 0.3) is 0 Å². The summed E-state index contributed by atoms with van der Waals surface area (Å²) < 4.78 is 20.3. The Morgan fingerprint density at radius 2 is 2.21 bits per heavy atom. The van der Waals surface area contributed by atoms with Gasteiger partial charge in [0.05, 0.1) is 9.50 Å². The summed E-state index contributed by atoms with van der Waals surface area (Å²) in [4.78, 5) is 0. The molecule has 0 atom stereocenters. The largest absolute Gasteiger partial charge is 0.486 e. The van der Waals surface area contributed by atoms with E-state index in [0.717, 1.165) is 32.4 Å². The van der Waals surface area contributed by atoms with Crippen molar-refractivity contribution in [3.63, 3.8) is 0 Å². The summed E-state index contributed by atoms with van der Waals surface area (Å²) in [5.74, 6) is 0.0964. The summed E-state index contributed by atoms with van der Waals surface area (Å²) in [6.45, 7) is 3.96. The Balaban J connectivity index is 2.08. The molecule has 0 radical (unpaired) electrons. The number of benzene rings is 1. The van der Waals surface area contributed by atoms with Gasteiger partial charge in [-0.15, -0.1) is 0 Å². The van der Waals surface area contributed by atoms with Crippen LogP contribution >= 0.6 is 27.5 Å². The molecular formula is C14H18BrClFNO. The van der Waals surface area contributed by atoms with Crippen LogP contribution in [0.3, 0.4) is 0 Å². The maximum absolute atomic E-state index is 13.5. The quantitative estimate of drug-likeness (QED) is 0.600. The number of hydrogen-bond donors (Lipinski definition) is 1. The molecule has 1 aliphatic rings. The van der Waals surface area contributed by atoms with Crippen molar-refractivity contribution < 1.29 is 9.13 Å². The maximum atomic E-state index is 13.5. The van der Waals surface area contributed by atoms with Crippen LogP contribution in [0.15, 0.2) is 16.6 Å². The van der Waals surface area contributed by atoms with Gasteiger partial charge in [-0.25, -0.2) is 4.39 Å². The minimum absolute atomic E-state index is 0.106. The van der Waals surface area contributed by atoms with Crippen molar-refractivity contribution >= 4 is 27.5 Å². The van der Waals surface area contributed by atoms with Crippen LogP contribution in [0, 0.1) is 5.82 Å². The fourth-order valence-electron chi connectivity index (χ4n) is 2.28. The van der Waals surface area contributed by atoms with Crippen LogP contribution in [0.5, 0.6) is 5.75 Å². The van der Waals surface area contributed by atoms with Gasteiger partial charge in [0.2, 0.25) is 0 Å². The molecule has 0 amide bonds. The van der Waals surface area contributed by atoms with Crippen molar-refractivity contribution in [1.82, 2.24) is 5.32 Å². The lowest BCUT2D eigenvalue weighted by molar-refractivity contribution is -0.0149. The predicted octanol–water partition coefficient (Wildman–Crippen LogP) is 4.54. The SMILES string of the molecule is CCNCCC1(Oc2cc(F)c(Cl)cc2Br)CCC1. The highest BCUT2D eigenvalue weighted by Crippen LogP contribution is 2.42. The zero-order valence-corrected chi connectivity index (χ0v) is 13.3. The standard InChI is InChI=1S/C14H18BrClFNO/c1-2-18-7-6-14(4-3-5-14)19-13-9-12(17)11(16)8-10(13)15/h8-9,18H,2-7H2,1H3. The molecule has 0 spiro atoms. The molecule has 0 heterocycles. The summed E-state index contributed by atoms with van der Waals surface area (Å²) in [5, 5.41) is 3.41. The van der Waals surface area contributed by atoms with Gasteiger partial charge >= 0.3 is 0 Å².